The van der Waals surface area contributed by atoms with Gasteiger partial charge in [0.2, 0.25) is 18.2 Å². The third-order valence-corrected chi connectivity index (χ3v) is 3.17. The van der Waals surface area contributed by atoms with E-state index in [4.69, 9.17) is 10.2 Å². The number of nitrogens with zero attached hydrogens (tertiary/aromatic N) is 2. The Labute approximate surface area is 123 Å². The number of aromatic nitrogens is 2. The molecule has 3 N–H and O–H groups in total. The predicted molar refractivity (Wildman–Crippen MR) is 80.4 cm³/mol. The van der Waals surface area contributed by atoms with Crippen LogP contribution in [0.15, 0.2) is 35.1 Å². The summed E-state index contributed by atoms with van der Waals surface area (Å²) in [7, 11) is 0. The minimum absolute atomic E-state index is 0.0447. The quantitative estimate of drug-likeness (QED) is 0.850. The summed E-state index contributed by atoms with van der Waals surface area (Å²) < 4.78 is 5.11. The number of nitrogens with two attached hydrogens (primary N) is 1. The lowest BCUT2D eigenvalue weighted by Crippen LogP contribution is -2.30. The molecule has 0 aliphatic carbocycles. The molecule has 0 spiro atoms. The van der Waals surface area contributed by atoms with E-state index in [0.29, 0.717) is 18.4 Å². The molecule has 0 fully saturated rings. The third-order valence-electron chi connectivity index (χ3n) is 3.17. The second kappa shape index (κ2) is 6.99. The van der Waals surface area contributed by atoms with Crippen molar-refractivity contribution in [2.75, 3.05) is 11.9 Å². The second-order valence-electron chi connectivity index (χ2n) is 5.37. The first-order chi connectivity index (χ1) is 10.1. The van der Waals surface area contributed by atoms with Crippen LogP contribution in [0.1, 0.15) is 20.3 Å². The molecule has 0 aliphatic heterocycles. The van der Waals surface area contributed by atoms with Crippen molar-refractivity contribution in [1.82, 2.24) is 10.2 Å². The molecule has 1 aromatic heterocycles. The maximum atomic E-state index is 12.2. The molecule has 0 bridgehead atoms. The molecular weight excluding hydrogens is 268 g/mol. The molecular formula is C15H20N4O2. The first-order valence-corrected chi connectivity index (χ1v) is 6.97. The largest absolute Gasteiger partial charge is 0.423 e. The number of anilines is 1. The number of nitrogens with one attached hydrogen (secondary N) is 1. The van der Waals surface area contributed by atoms with E-state index in [-0.39, 0.29) is 11.8 Å². The molecule has 0 radical (unpaired) electrons. The molecule has 1 atom stereocenters. The van der Waals surface area contributed by atoms with Crippen molar-refractivity contribution in [2.24, 2.45) is 17.6 Å². The Morgan fingerprint density at radius 2 is 2.05 bits per heavy atom. The normalized spacial score (nSPS) is 12.4. The molecule has 6 nitrogen and oxygen atoms in total. The van der Waals surface area contributed by atoms with Crippen molar-refractivity contribution in [3.05, 3.63) is 30.7 Å². The van der Waals surface area contributed by atoms with Gasteiger partial charge in [-0.1, -0.05) is 13.8 Å². The maximum absolute atomic E-state index is 12.2. The lowest BCUT2D eigenvalue weighted by atomic mass is 9.96. The number of amides is 1. The van der Waals surface area contributed by atoms with Gasteiger partial charge in [0, 0.05) is 17.8 Å². The van der Waals surface area contributed by atoms with Crippen LogP contribution in [0.2, 0.25) is 0 Å². The van der Waals surface area contributed by atoms with Crippen LogP contribution in [0.25, 0.3) is 11.5 Å². The highest BCUT2D eigenvalue weighted by Gasteiger charge is 2.18. The Kier molecular flexibility index (Phi) is 5.05. The number of rotatable bonds is 6. The van der Waals surface area contributed by atoms with Gasteiger partial charge < -0.3 is 15.5 Å². The smallest absolute Gasteiger partial charge is 0.247 e. The van der Waals surface area contributed by atoms with E-state index in [2.05, 4.69) is 29.4 Å². The summed E-state index contributed by atoms with van der Waals surface area (Å²) in [6, 6.07) is 7.26. The van der Waals surface area contributed by atoms with Gasteiger partial charge in [-0.25, -0.2) is 0 Å². The molecule has 112 valence electrons. The van der Waals surface area contributed by atoms with Gasteiger partial charge in [0.1, 0.15) is 0 Å². The van der Waals surface area contributed by atoms with Crippen LogP contribution < -0.4 is 11.1 Å². The van der Waals surface area contributed by atoms with Crippen molar-refractivity contribution >= 4 is 11.6 Å². The Morgan fingerprint density at radius 1 is 1.33 bits per heavy atom. The molecule has 2 rings (SSSR count). The SMILES string of the molecule is CC(C)CC(CN)C(=O)Nc1ccc(-c2nnco2)cc1. The van der Waals surface area contributed by atoms with Crippen molar-refractivity contribution in [2.45, 2.75) is 20.3 Å². The lowest BCUT2D eigenvalue weighted by Gasteiger charge is -2.16. The molecule has 1 heterocycles. The fourth-order valence-corrected chi connectivity index (χ4v) is 2.12. The zero-order valence-corrected chi connectivity index (χ0v) is 12.2. The van der Waals surface area contributed by atoms with Crippen LogP contribution in [0.3, 0.4) is 0 Å². The first-order valence-electron chi connectivity index (χ1n) is 6.97. The van der Waals surface area contributed by atoms with Gasteiger partial charge >= 0.3 is 0 Å². The second-order valence-corrected chi connectivity index (χ2v) is 5.37. The van der Waals surface area contributed by atoms with E-state index in [1.807, 2.05) is 12.1 Å². The van der Waals surface area contributed by atoms with Crippen LogP contribution in [-0.4, -0.2) is 22.6 Å². The van der Waals surface area contributed by atoms with E-state index in [9.17, 15) is 4.79 Å². The molecule has 1 amide bonds. The molecule has 0 saturated heterocycles. The predicted octanol–water partition coefficient (Wildman–Crippen LogP) is 2.30. The zero-order valence-electron chi connectivity index (χ0n) is 12.2. The number of carbonyl (C=O) groups excluding carboxylic acids is 1. The van der Waals surface area contributed by atoms with E-state index in [1.165, 1.54) is 6.39 Å². The summed E-state index contributed by atoms with van der Waals surface area (Å²) in [6.45, 7) is 4.51. The van der Waals surface area contributed by atoms with Crippen LogP contribution >= 0.6 is 0 Å². The van der Waals surface area contributed by atoms with Gasteiger partial charge in [-0.3, -0.25) is 4.79 Å². The zero-order chi connectivity index (χ0) is 15.2. The summed E-state index contributed by atoms with van der Waals surface area (Å²) in [6.07, 6.45) is 2.06. The molecule has 21 heavy (non-hydrogen) atoms. The van der Waals surface area contributed by atoms with Crippen LogP contribution in [0.5, 0.6) is 0 Å². The van der Waals surface area contributed by atoms with E-state index in [1.54, 1.807) is 12.1 Å². The minimum atomic E-state index is -0.166. The first kappa shape index (κ1) is 15.2. The van der Waals surface area contributed by atoms with E-state index >= 15 is 0 Å². The lowest BCUT2D eigenvalue weighted by molar-refractivity contribution is -0.120. The van der Waals surface area contributed by atoms with Crippen LogP contribution in [0.4, 0.5) is 5.69 Å². The monoisotopic (exact) mass is 288 g/mol. The van der Waals surface area contributed by atoms with Crippen molar-refractivity contribution in [3.8, 4) is 11.5 Å². The molecule has 2 aromatic rings. The Hall–Kier alpha value is -2.21. The van der Waals surface area contributed by atoms with Crippen LogP contribution in [-0.2, 0) is 4.79 Å². The number of hydrogen-bond donors (Lipinski definition) is 2. The van der Waals surface area contributed by atoms with Gasteiger partial charge in [-0.05, 0) is 36.6 Å². The highest BCUT2D eigenvalue weighted by Crippen LogP contribution is 2.20. The van der Waals surface area contributed by atoms with Gasteiger partial charge in [-0.15, -0.1) is 10.2 Å². The number of benzene rings is 1. The topological polar surface area (TPSA) is 94.0 Å². The highest BCUT2D eigenvalue weighted by molar-refractivity contribution is 5.92. The standard InChI is InChI=1S/C15H20N4O2/c1-10(2)7-12(8-16)14(20)18-13-5-3-11(4-6-13)15-19-17-9-21-15/h3-6,9-10,12H,7-8,16H2,1-2H3,(H,18,20). The average Bonchev–Trinajstić information content (AvgIpc) is 2.99. The summed E-state index contributed by atoms with van der Waals surface area (Å²) in [5, 5.41) is 10.3. The van der Waals surface area contributed by atoms with Gasteiger partial charge in [0.15, 0.2) is 0 Å². The van der Waals surface area contributed by atoms with Crippen molar-refractivity contribution < 1.29 is 9.21 Å². The summed E-state index contributed by atoms with van der Waals surface area (Å²) in [5.41, 5.74) is 7.21. The highest BCUT2D eigenvalue weighted by atomic mass is 16.4. The third kappa shape index (κ3) is 4.13. The summed E-state index contributed by atoms with van der Waals surface area (Å²) in [5.74, 6) is 0.675. The van der Waals surface area contributed by atoms with E-state index in [0.717, 1.165) is 17.7 Å². The Morgan fingerprint density at radius 3 is 2.57 bits per heavy atom. The fraction of sp³-hybridized carbons (Fsp3) is 0.400. The van der Waals surface area contributed by atoms with Crippen molar-refractivity contribution in [1.29, 1.82) is 0 Å². The van der Waals surface area contributed by atoms with Crippen molar-refractivity contribution in [3.63, 3.8) is 0 Å². The van der Waals surface area contributed by atoms with Gasteiger partial charge in [-0.2, -0.15) is 0 Å². The van der Waals surface area contributed by atoms with Gasteiger partial charge in [0.05, 0.1) is 5.92 Å². The molecule has 0 saturated carbocycles. The molecule has 1 unspecified atom stereocenters. The summed E-state index contributed by atoms with van der Waals surface area (Å²) >= 11 is 0. The maximum Gasteiger partial charge on any atom is 0.247 e. The summed E-state index contributed by atoms with van der Waals surface area (Å²) in [4.78, 5) is 12.2. The minimum Gasteiger partial charge on any atom is -0.423 e. The average molecular weight is 288 g/mol. The Balaban J connectivity index is 2.01. The molecule has 1 aromatic carbocycles. The molecule has 6 heteroatoms. The number of carbonyl (C=O) groups is 1. The fourth-order valence-electron chi connectivity index (χ4n) is 2.12. The number of hydrogen-bond acceptors (Lipinski definition) is 5. The van der Waals surface area contributed by atoms with Crippen LogP contribution in [0, 0.1) is 11.8 Å². The van der Waals surface area contributed by atoms with E-state index < -0.39 is 0 Å². The van der Waals surface area contributed by atoms with Gasteiger partial charge in [0.25, 0.3) is 0 Å². The molecule has 0 aliphatic rings. The Bertz CT molecular complexity index is 564.